The Morgan fingerprint density at radius 2 is 2.18 bits per heavy atom. The number of Topliss-reactive ketones (excluding diaryl/α,β-unsaturated/α-hetero) is 1. The van der Waals surface area contributed by atoms with Gasteiger partial charge in [0.15, 0.2) is 12.1 Å². The second-order valence-electron chi connectivity index (χ2n) is 3.75. The Bertz CT molecular complexity index is 413. The average molecular weight is 257 g/mol. The fourth-order valence-electron chi connectivity index (χ4n) is 1.55. The molecule has 1 aliphatic rings. The lowest BCUT2D eigenvalue weighted by Crippen LogP contribution is -2.09. The monoisotopic (exact) mass is 256 g/mol. The minimum absolute atomic E-state index is 0.0291. The van der Waals surface area contributed by atoms with Crippen molar-refractivity contribution in [3.63, 3.8) is 0 Å². The van der Waals surface area contributed by atoms with E-state index in [1.54, 1.807) is 18.2 Å². The van der Waals surface area contributed by atoms with E-state index in [0.29, 0.717) is 24.0 Å². The maximum absolute atomic E-state index is 10.9. The van der Waals surface area contributed by atoms with Gasteiger partial charge in [0.05, 0.1) is 18.8 Å². The zero-order chi connectivity index (χ0) is 12.3. The first-order chi connectivity index (χ1) is 8.16. The number of rotatable bonds is 4. The van der Waals surface area contributed by atoms with Gasteiger partial charge in [0, 0.05) is 5.02 Å². The van der Waals surface area contributed by atoms with Crippen LogP contribution in [0.3, 0.4) is 0 Å². The third kappa shape index (κ3) is 3.19. The number of ether oxygens (including phenoxy) is 3. The molecule has 1 fully saturated rings. The van der Waals surface area contributed by atoms with Crippen molar-refractivity contribution in [1.29, 1.82) is 0 Å². The first-order valence-corrected chi connectivity index (χ1v) is 5.69. The van der Waals surface area contributed by atoms with E-state index in [-0.39, 0.29) is 12.4 Å². The Morgan fingerprint density at radius 3 is 2.82 bits per heavy atom. The van der Waals surface area contributed by atoms with Crippen LogP contribution in [0.15, 0.2) is 18.2 Å². The van der Waals surface area contributed by atoms with Gasteiger partial charge < -0.3 is 14.2 Å². The Hall–Kier alpha value is -1.10. The predicted molar refractivity (Wildman–Crippen MR) is 62.3 cm³/mol. The SMILES string of the molecule is CC(=O)COc1ccc(Cl)cc1C1OCCO1. The highest BCUT2D eigenvalue weighted by Crippen LogP contribution is 2.33. The molecular formula is C12H13ClO4. The first-order valence-electron chi connectivity index (χ1n) is 5.31. The molecule has 0 unspecified atom stereocenters. The van der Waals surface area contributed by atoms with Gasteiger partial charge in [0.1, 0.15) is 12.4 Å². The molecule has 0 radical (unpaired) electrons. The second kappa shape index (κ2) is 5.49. The van der Waals surface area contributed by atoms with Crippen LogP contribution < -0.4 is 4.74 Å². The Morgan fingerprint density at radius 1 is 1.47 bits per heavy atom. The van der Waals surface area contributed by atoms with Crippen LogP contribution in [0.25, 0.3) is 0 Å². The number of ketones is 1. The average Bonchev–Trinajstić information content (AvgIpc) is 2.80. The fraction of sp³-hybridized carbons (Fsp3) is 0.417. The van der Waals surface area contributed by atoms with Crippen molar-refractivity contribution in [1.82, 2.24) is 0 Å². The van der Waals surface area contributed by atoms with E-state index < -0.39 is 6.29 Å². The topological polar surface area (TPSA) is 44.8 Å². The summed E-state index contributed by atoms with van der Waals surface area (Å²) >= 11 is 5.92. The molecule has 2 rings (SSSR count). The maximum Gasteiger partial charge on any atom is 0.187 e. The van der Waals surface area contributed by atoms with Gasteiger partial charge in [0.25, 0.3) is 0 Å². The number of carbonyl (C=O) groups is 1. The van der Waals surface area contributed by atoms with Crippen LogP contribution in [-0.2, 0) is 14.3 Å². The summed E-state index contributed by atoms with van der Waals surface area (Å²) in [4.78, 5) is 10.9. The van der Waals surface area contributed by atoms with Gasteiger partial charge in [-0.05, 0) is 25.1 Å². The molecule has 0 amide bonds. The first kappa shape index (κ1) is 12.4. The van der Waals surface area contributed by atoms with Crippen LogP contribution in [0, 0.1) is 0 Å². The standard InChI is InChI=1S/C12H13ClO4/c1-8(14)7-17-11-3-2-9(13)6-10(11)12-15-4-5-16-12/h2-3,6,12H,4-5,7H2,1H3. The van der Waals surface area contributed by atoms with E-state index >= 15 is 0 Å². The fourth-order valence-corrected chi connectivity index (χ4v) is 1.73. The summed E-state index contributed by atoms with van der Waals surface area (Å²) in [6, 6.07) is 5.15. The van der Waals surface area contributed by atoms with Crippen LogP contribution in [-0.4, -0.2) is 25.6 Å². The summed E-state index contributed by atoms with van der Waals surface area (Å²) < 4.78 is 16.2. The lowest BCUT2D eigenvalue weighted by molar-refractivity contribution is -0.119. The minimum atomic E-state index is -0.462. The molecule has 0 aliphatic carbocycles. The molecule has 0 saturated carbocycles. The molecule has 17 heavy (non-hydrogen) atoms. The number of halogens is 1. The van der Waals surface area contributed by atoms with Crippen molar-refractivity contribution in [2.24, 2.45) is 0 Å². The van der Waals surface area contributed by atoms with E-state index in [1.807, 2.05) is 0 Å². The quantitative estimate of drug-likeness (QED) is 0.830. The maximum atomic E-state index is 10.9. The smallest absolute Gasteiger partial charge is 0.187 e. The van der Waals surface area contributed by atoms with Crippen molar-refractivity contribution in [3.05, 3.63) is 28.8 Å². The van der Waals surface area contributed by atoms with Crippen molar-refractivity contribution in [2.75, 3.05) is 19.8 Å². The number of benzene rings is 1. The van der Waals surface area contributed by atoms with Crippen molar-refractivity contribution in [2.45, 2.75) is 13.2 Å². The van der Waals surface area contributed by atoms with Crippen molar-refractivity contribution in [3.8, 4) is 5.75 Å². The molecule has 0 bridgehead atoms. The molecule has 4 nitrogen and oxygen atoms in total. The zero-order valence-corrected chi connectivity index (χ0v) is 10.2. The van der Waals surface area contributed by atoms with Gasteiger partial charge in [-0.1, -0.05) is 11.6 Å². The van der Waals surface area contributed by atoms with Crippen LogP contribution in [0.1, 0.15) is 18.8 Å². The summed E-state index contributed by atoms with van der Waals surface area (Å²) in [7, 11) is 0. The van der Waals surface area contributed by atoms with Gasteiger partial charge in [-0.25, -0.2) is 0 Å². The molecule has 0 N–H and O–H groups in total. The highest BCUT2D eigenvalue weighted by Gasteiger charge is 2.22. The summed E-state index contributed by atoms with van der Waals surface area (Å²) in [5.74, 6) is 0.524. The molecule has 1 saturated heterocycles. The molecule has 1 heterocycles. The molecule has 0 spiro atoms. The number of hydrogen-bond acceptors (Lipinski definition) is 4. The number of carbonyl (C=O) groups excluding carboxylic acids is 1. The molecule has 1 aromatic carbocycles. The van der Waals surface area contributed by atoms with Crippen LogP contribution in [0.5, 0.6) is 5.75 Å². The third-order valence-electron chi connectivity index (χ3n) is 2.28. The highest BCUT2D eigenvalue weighted by molar-refractivity contribution is 6.30. The molecular weight excluding hydrogens is 244 g/mol. The second-order valence-corrected chi connectivity index (χ2v) is 4.18. The van der Waals surface area contributed by atoms with E-state index in [2.05, 4.69) is 0 Å². The molecule has 0 aromatic heterocycles. The Labute approximate surface area is 104 Å². The zero-order valence-electron chi connectivity index (χ0n) is 9.44. The predicted octanol–water partition coefficient (Wildman–Crippen LogP) is 2.35. The number of hydrogen-bond donors (Lipinski definition) is 0. The van der Waals surface area contributed by atoms with Gasteiger partial charge in [-0.3, -0.25) is 4.79 Å². The largest absolute Gasteiger partial charge is 0.485 e. The summed E-state index contributed by atoms with van der Waals surface area (Å²) in [6.45, 7) is 2.59. The van der Waals surface area contributed by atoms with Crippen molar-refractivity contribution >= 4 is 17.4 Å². The Balaban J connectivity index is 2.20. The highest BCUT2D eigenvalue weighted by atomic mass is 35.5. The van der Waals surface area contributed by atoms with Gasteiger partial charge in [-0.15, -0.1) is 0 Å². The van der Waals surface area contributed by atoms with Crippen LogP contribution >= 0.6 is 11.6 Å². The molecule has 92 valence electrons. The van der Waals surface area contributed by atoms with Gasteiger partial charge in [-0.2, -0.15) is 0 Å². The van der Waals surface area contributed by atoms with Crippen LogP contribution in [0.4, 0.5) is 0 Å². The molecule has 0 atom stereocenters. The summed E-state index contributed by atoms with van der Waals surface area (Å²) in [5.41, 5.74) is 0.719. The van der Waals surface area contributed by atoms with Gasteiger partial charge >= 0.3 is 0 Å². The van der Waals surface area contributed by atoms with Gasteiger partial charge in [0.2, 0.25) is 0 Å². The normalized spacial score (nSPS) is 16.1. The summed E-state index contributed by atoms with van der Waals surface area (Å²) in [6.07, 6.45) is -0.462. The molecule has 1 aliphatic heterocycles. The lowest BCUT2D eigenvalue weighted by atomic mass is 10.2. The minimum Gasteiger partial charge on any atom is -0.485 e. The van der Waals surface area contributed by atoms with Crippen LogP contribution in [0.2, 0.25) is 5.02 Å². The van der Waals surface area contributed by atoms with Crippen molar-refractivity contribution < 1.29 is 19.0 Å². The Kier molecular flexibility index (Phi) is 3.99. The molecule has 5 heteroatoms. The molecule has 1 aromatic rings. The van der Waals surface area contributed by atoms with E-state index in [0.717, 1.165) is 5.56 Å². The van der Waals surface area contributed by atoms with E-state index in [9.17, 15) is 4.79 Å². The van der Waals surface area contributed by atoms with E-state index in [1.165, 1.54) is 6.92 Å². The third-order valence-corrected chi connectivity index (χ3v) is 2.51. The lowest BCUT2D eigenvalue weighted by Gasteiger charge is -2.15. The summed E-state index contributed by atoms with van der Waals surface area (Å²) in [5, 5.41) is 0.578. The van der Waals surface area contributed by atoms with E-state index in [4.69, 9.17) is 25.8 Å².